The first-order valence-electron chi connectivity index (χ1n) is 6.25. The summed E-state index contributed by atoms with van der Waals surface area (Å²) in [5, 5.41) is 9.24. The van der Waals surface area contributed by atoms with Crippen molar-refractivity contribution in [2.75, 3.05) is 6.54 Å². The fourth-order valence-electron chi connectivity index (χ4n) is 1.87. The van der Waals surface area contributed by atoms with Crippen molar-refractivity contribution in [2.24, 2.45) is 0 Å². The molecule has 0 fully saturated rings. The number of halogens is 1. The number of carboxylic acid groups (broad SMARTS) is 1. The van der Waals surface area contributed by atoms with E-state index in [-0.39, 0.29) is 24.9 Å². The lowest BCUT2D eigenvalue weighted by Crippen LogP contribution is -2.39. The average molecular weight is 287 g/mol. The Morgan fingerprint density at radius 2 is 2.11 bits per heavy atom. The van der Waals surface area contributed by atoms with Gasteiger partial charge in [-0.3, -0.25) is 9.59 Å². The van der Waals surface area contributed by atoms with Crippen LogP contribution >= 0.6 is 11.6 Å². The van der Waals surface area contributed by atoms with Crippen LogP contribution in [0.5, 0.6) is 0 Å². The minimum Gasteiger partial charge on any atom is -0.481 e. The molecule has 1 heterocycles. The van der Waals surface area contributed by atoms with Crippen LogP contribution in [0.3, 0.4) is 0 Å². The van der Waals surface area contributed by atoms with Crippen molar-refractivity contribution in [3.05, 3.63) is 23.0 Å². The number of aryl methyl sites for hydroxylation is 1. The smallest absolute Gasteiger partial charge is 0.305 e. The summed E-state index contributed by atoms with van der Waals surface area (Å²) in [7, 11) is 0. The second-order valence-corrected chi connectivity index (χ2v) is 5.00. The fourth-order valence-corrected chi connectivity index (χ4v) is 2.09. The van der Waals surface area contributed by atoms with Gasteiger partial charge in [0.15, 0.2) is 0 Å². The number of amides is 1. The molecular weight excluding hydrogens is 268 g/mol. The summed E-state index contributed by atoms with van der Waals surface area (Å²) >= 11 is 5.91. The molecule has 1 rings (SSSR count). The molecule has 1 aromatic rings. The van der Waals surface area contributed by atoms with Gasteiger partial charge in [-0.25, -0.2) is 0 Å². The summed E-state index contributed by atoms with van der Waals surface area (Å²) in [6.07, 6.45) is 1.63. The lowest BCUT2D eigenvalue weighted by atomic mass is 10.2. The number of hydrogen-bond donors (Lipinski definition) is 1. The van der Waals surface area contributed by atoms with Crippen LogP contribution < -0.4 is 0 Å². The second-order valence-electron chi connectivity index (χ2n) is 4.57. The van der Waals surface area contributed by atoms with Crippen molar-refractivity contribution in [3.8, 4) is 0 Å². The van der Waals surface area contributed by atoms with Crippen molar-refractivity contribution >= 4 is 23.5 Å². The molecule has 1 N–H and O–H groups in total. The highest BCUT2D eigenvalue weighted by Gasteiger charge is 2.22. The minimum atomic E-state index is -0.914. The van der Waals surface area contributed by atoms with Crippen molar-refractivity contribution < 1.29 is 14.7 Å². The third-order valence-electron chi connectivity index (χ3n) is 2.87. The maximum Gasteiger partial charge on any atom is 0.305 e. The molecule has 0 unspecified atom stereocenters. The summed E-state index contributed by atoms with van der Waals surface area (Å²) < 4.78 is 1.76. The number of carbonyl (C=O) groups excluding carboxylic acids is 1. The van der Waals surface area contributed by atoms with E-state index in [1.54, 1.807) is 21.7 Å². The van der Waals surface area contributed by atoms with Gasteiger partial charge in [0.1, 0.15) is 5.69 Å². The molecule has 0 saturated carbocycles. The van der Waals surface area contributed by atoms with E-state index in [1.165, 1.54) is 0 Å². The molecule has 106 valence electrons. The Labute approximate surface area is 117 Å². The van der Waals surface area contributed by atoms with E-state index in [4.69, 9.17) is 16.7 Å². The molecule has 19 heavy (non-hydrogen) atoms. The van der Waals surface area contributed by atoms with Crippen molar-refractivity contribution in [1.29, 1.82) is 0 Å². The van der Waals surface area contributed by atoms with Gasteiger partial charge < -0.3 is 14.6 Å². The molecule has 6 heteroatoms. The normalized spacial score (nSPS) is 10.8. The molecule has 5 nitrogen and oxygen atoms in total. The molecule has 0 aliphatic carbocycles. The summed E-state index contributed by atoms with van der Waals surface area (Å²) in [6, 6.07) is 1.55. The Kier molecular flexibility index (Phi) is 5.42. The topological polar surface area (TPSA) is 62.5 Å². The van der Waals surface area contributed by atoms with Crippen molar-refractivity contribution in [3.63, 3.8) is 0 Å². The maximum absolute atomic E-state index is 12.4. The number of aromatic nitrogens is 1. The van der Waals surface area contributed by atoms with E-state index in [1.807, 2.05) is 20.8 Å². The molecule has 0 spiro atoms. The lowest BCUT2D eigenvalue weighted by Gasteiger charge is -2.26. The molecular formula is C13H19ClN2O3. The van der Waals surface area contributed by atoms with E-state index in [0.29, 0.717) is 17.3 Å². The molecule has 0 saturated heterocycles. The first-order valence-corrected chi connectivity index (χ1v) is 6.63. The summed E-state index contributed by atoms with van der Waals surface area (Å²) in [5.41, 5.74) is 0.492. The van der Waals surface area contributed by atoms with Crippen LogP contribution in [-0.4, -0.2) is 39.0 Å². The SMILES string of the molecule is CCn1cc(Cl)cc1C(=O)N(CCC(=O)O)C(C)C. The second kappa shape index (κ2) is 6.61. The van der Waals surface area contributed by atoms with E-state index in [0.717, 1.165) is 0 Å². The van der Waals surface area contributed by atoms with E-state index >= 15 is 0 Å². The highest BCUT2D eigenvalue weighted by molar-refractivity contribution is 6.31. The third-order valence-corrected chi connectivity index (χ3v) is 3.08. The largest absolute Gasteiger partial charge is 0.481 e. The lowest BCUT2D eigenvalue weighted by molar-refractivity contribution is -0.137. The van der Waals surface area contributed by atoms with Gasteiger partial charge in [0.05, 0.1) is 11.4 Å². The Balaban J connectivity index is 2.95. The fraction of sp³-hybridized carbons (Fsp3) is 0.538. The van der Waals surface area contributed by atoms with Gasteiger partial charge in [0.2, 0.25) is 0 Å². The Morgan fingerprint density at radius 1 is 1.47 bits per heavy atom. The van der Waals surface area contributed by atoms with E-state index < -0.39 is 5.97 Å². The molecule has 0 radical (unpaired) electrons. The molecule has 0 bridgehead atoms. The molecule has 1 aromatic heterocycles. The van der Waals surface area contributed by atoms with Crippen LogP contribution in [0.2, 0.25) is 5.02 Å². The molecule has 0 aliphatic heterocycles. The van der Waals surface area contributed by atoms with Crippen molar-refractivity contribution in [2.45, 2.75) is 39.8 Å². The van der Waals surface area contributed by atoms with Crippen LogP contribution in [0.1, 0.15) is 37.7 Å². The Bertz CT molecular complexity index is 468. The van der Waals surface area contributed by atoms with Gasteiger partial charge in [-0.15, -0.1) is 0 Å². The van der Waals surface area contributed by atoms with E-state index in [2.05, 4.69) is 0 Å². The predicted octanol–water partition coefficient (Wildman–Crippen LogP) is 2.49. The van der Waals surface area contributed by atoms with Gasteiger partial charge >= 0.3 is 5.97 Å². The highest BCUT2D eigenvalue weighted by Crippen LogP contribution is 2.17. The molecule has 1 amide bonds. The first-order chi connectivity index (χ1) is 8.86. The summed E-state index contributed by atoms with van der Waals surface area (Å²) in [6.45, 7) is 6.47. The number of rotatable bonds is 6. The zero-order chi connectivity index (χ0) is 14.6. The third kappa shape index (κ3) is 3.99. The van der Waals surface area contributed by atoms with Crippen LogP contribution in [-0.2, 0) is 11.3 Å². The average Bonchev–Trinajstić information content (AvgIpc) is 2.69. The van der Waals surface area contributed by atoms with Gasteiger partial charge in [-0.05, 0) is 26.8 Å². The molecule has 0 aliphatic rings. The van der Waals surface area contributed by atoms with Crippen LogP contribution in [0.4, 0.5) is 0 Å². The minimum absolute atomic E-state index is 0.0640. The number of aliphatic carboxylic acids is 1. The number of hydrogen-bond acceptors (Lipinski definition) is 2. The Hall–Kier alpha value is -1.49. The van der Waals surface area contributed by atoms with Gasteiger partial charge in [0, 0.05) is 25.3 Å². The van der Waals surface area contributed by atoms with Gasteiger partial charge in [0.25, 0.3) is 5.91 Å². The van der Waals surface area contributed by atoms with Gasteiger partial charge in [-0.1, -0.05) is 11.6 Å². The summed E-state index contributed by atoms with van der Waals surface area (Å²) in [4.78, 5) is 24.6. The first kappa shape index (κ1) is 15.6. The predicted molar refractivity (Wildman–Crippen MR) is 73.5 cm³/mol. The highest BCUT2D eigenvalue weighted by atomic mass is 35.5. The van der Waals surface area contributed by atoms with Crippen molar-refractivity contribution in [1.82, 2.24) is 9.47 Å². The number of carbonyl (C=O) groups is 2. The van der Waals surface area contributed by atoms with E-state index in [9.17, 15) is 9.59 Å². The molecule has 0 aromatic carbocycles. The molecule has 0 atom stereocenters. The maximum atomic E-state index is 12.4. The monoisotopic (exact) mass is 286 g/mol. The number of carboxylic acids is 1. The van der Waals surface area contributed by atoms with Crippen LogP contribution in [0.15, 0.2) is 12.3 Å². The quantitative estimate of drug-likeness (QED) is 0.874. The standard InChI is InChI=1S/C13H19ClN2O3/c1-4-15-8-10(14)7-11(15)13(19)16(9(2)3)6-5-12(17)18/h7-9H,4-6H2,1-3H3,(H,17,18). The summed E-state index contributed by atoms with van der Waals surface area (Å²) in [5.74, 6) is -1.10. The van der Waals surface area contributed by atoms with Crippen LogP contribution in [0.25, 0.3) is 0 Å². The number of nitrogens with zero attached hydrogens (tertiary/aromatic N) is 2. The van der Waals surface area contributed by atoms with Crippen LogP contribution in [0, 0.1) is 0 Å². The zero-order valence-electron chi connectivity index (χ0n) is 11.4. The zero-order valence-corrected chi connectivity index (χ0v) is 12.1. The van der Waals surface area contributed by atoms with Gasteiger partial charge in [-0.2, -0.15) is 0 Å². The Morgan fingerprint density at radius 3 is 2.58 bits per heavy atom.